The van der Waals surface area contributed by atoms with E-state index in [-0.39, 0.29) is 13.2 Å². The Hall–Kier alpha value is -3.48. The van der Waals surface area contributed by atoms with Gasteiger partial charge in [0.25, 0.3) is 0 Å². The van der Waals surface area contributed by atoms with Crippen LogP contribution in [-0.2, 0) is 20.7 Å². The molecule has 2 rings (SSSR count). The third kappa shape index (κ3) is 7.37. The highest BCUT2D eigenvalue weighted by molar-refractivity contribution is 5.85. The lowest BCUT2D eigenvalue weighted by Crippen LogP contribution is -2.40. The molecule has 2 aromatic rings. The molecule has 0 aliphatic carbocycles. The number of carboxylic acid groups (broad SMARTS) is 1. The predicted molar refractivity (Wildman–Crippen MR) is 117 cm³/mol. The number of hydrogen-bond acceptors (Lipinski definition) is 6. The van der Waals surface area contributed by atoms with Crippen LogP contribution in [-0.4, -0.2) is 43.0 Å². The fraction of sp³-hybridized carbons (Fsp3) is 0.333. The molecule has 0 unspecified atom stereocenters. The molecule has 2 aromatic carbocycles. The fourth-order valence-electron chi connectivity index (χ4n) is 2.66. The third-order valence-corrected chi connectivity index (χ3v) is 4.38. The molecule has 0 aromatic heterocycles. The summed E-state index contributed by atoms with van der Waals surface area (Å²) < 4.78 is 22.0. The second-order valence-corrected chi connectivity index (χ2v) is 7.18. The highest BCUT2D eigenvalue weighted by atomic mass is 16.6. The molecule has 0 atom stereocenters. The topological polar surface area (TPSA) is 91.3 Å². The van der Waals surface area contributed by atoms with Crippen molar-refractivity contribution in [1.29, 1.82) is 0 Å². The van der Waals surface area contributed by atoms with Crippen molar-refractivity contribution in [2.75, 3.05) is 20.3 Å². The average molecular weight is 428 g/mol. The van der Waals surface area contributed by atoms with Crippen LogP contribution in [0.15, 0.2) is 48.5 Å². The molecular formula is C24H28O7. The van der Waals surface area contributed by atoms with Crippen molar-refractivity contribution in [3.05, 3.63) is 59.7 Å². The van der Waals surface area contributed by atoms with Gasteiger partial charge in [0.1, 0.15) is 19.0 Å². The van der Waals surface area contributed by atoms with E-state index in [0.717, 1.165) is 12.5 Å². The summed E-state index contributed by atoms with van der Waals surface area (Å²) in [5.41, 5.74) is 0.693. The van der Waals surface area contributed by atoms with Crippen molar-refractivity contribution in [2.45, 2.75) is 32.8 Å². The first-order chi connectivity index (χ1) is 14.7. The quantitative estimate of drug-likeness (QED) is 0.327. The standard InChI is InChI=1S/C24H28O7/c1-5-17-6-10-19(11-7-17)31-24(2,3)23(27)30-15-14-29-20-12-8-18(9-13-22(25)26)16-21(20)28-4/h6-13,16H,5,14-15H2,1-4H3,(H,25,26)/b13-9+. The Balaban J connectivity index is 1.86. The minimum absolute atomic E-state index is 0.0320. The molecule has 0 saturated heterocycles. The van der Waals surface area contributed by atoms with Crippen LogP contribution in [0.1, 0.15) is 31.9 Å². The highest BCUT2D eigenvalue weighted by Gasteiger charge is 2.31. The van der Waals surface area contributed by atoms with Crippen molar-refractivity contribution in [3.63, 3.8) is 0 Å². The van der Waals surface area contributed by atoms with Crippen LogP contribution in [0.4, 0.5) is 0 Å². The Kier molecular flexibility index (Phi) is 8.49. The molecule has 166 valence electrons. The van der Waals surface area contributed by atoms with Gasteiger partial charge in [-0.2, -0.15) is 0 Å². The lowest BCUT2D eigenvalue weighted by molar-refractivity contribution is -0.160. The van der Waals surface area contributed by atoms with Gasteiger partial charge in [0.15, 0.2) is 17.1 Å². The number of aliphatic carboxylic acids is 1. The zero-order valence-electron chi connectivity index (χ0n) is 18.2. The van der Waals surface area contributed by atoms with E-state index < -0.39 is 17.5 Å². The van der Waals surface area contributed by atoms with E-state index >= 15 is 0 Å². The summed E-state index contributed by atoms with van der Waals surface area (Å²) in [6.07, 6.45) is 3.42. The monoisotopic (exact) mass is 428 g/mol. The number of methoxy groups -OCH3 is 1. The summed E-state index contributed by atoms with van der Waals surface area (Å²) in [5, 5.41) is 8.71. The summed E-state index contributed by atoms with van der Waals surface area (Å²) in [6.45, 7) is 5.52. The zero-order valence-corrected chi connectivity index (χ0v) is 18.2. The first-order valence-electron chi connectivity index (χ1n) is 9.92. The highest BCUT2D eigenvalue weighted by Crippen LogP contribution is 2.28. The minimum atomic E-state index is -1.15. The molecule has 0 bridgehead atoms. The van der Waals surface area contributed by atoms with Gasteiger partial charge in [-0.05, 0) is 61.7 Å². The Morgan fingerprint density at radius 3 is 2.35 bits per heavy atom. The van der Waals surface area contributed by atoms with E-state index in [4.69, 9.17) is 24.1 Å². The van der Waals surface area contributed by atoms with Gasteiger partial charge in [-0.15, -0.1) is 0 Å². The number of aryl methyl sites for hydroxylation is 1. The maximum atomic E-state index is 12.4. The molecule has 0 radical (unpaired) electrons. The number of carbonyl (C=O) groups excluding carboxylic acids is 1. The second-order valence-electron chi connectivity index (χ2n) is 7.18. The maximum Gasteiger partial charge on any atom is 0.350 e. The molecule has 0 aliphatic rings. The summed E-state index contributed by atoms with van der Waals surface area (Å²) >= 11 is 0. The Morgan fingerprint density at radius 2 is 1.74 bits per heavy atom. The molecule has 7 nitrogen and oxygen atoms in total. The number of ether oxygens (including phenoxy) is 4. The van der Waals surface area contributed by atoms with Crippen molar-refractivity contribution in [1.82, 2.24) is 0 Å². The molecule has 0 amide bonds. The van der Waals surface area contributed by atoms with Gasteiger partial charge in [-0.3, -0.25) is 0 Å². The van der Waals surface area contributed by atoms with Crippen molar-refractivity contribution >= 4 is 18.0 Å². The number of esters is 1. The van der Waals surface area contributed by atoms with Crippen molar-refractivity contribution in [3.8, 4) is 17.2 Å². The summed E-state index contributed by atoms with van der Waals surface area (Å²) in [4.78, 5) is 23.0. The first-order valence-corrected chi connectivity index (χ1v) is 9.92. The predicted octanol–water partition coefficient (Wildman–Crippen LogP) is 4.14. The number of benzene rings is 2. The van der Waals surface area contributed by atoms with Crippen molar-refractivity contribution in [2.24, 2.45) is 0 Å². The normalized spacial score (nSPS) is 11.2. The van der Waals surface area contributed by atoms with Crippen molar-refractivity contribution < 1.29 is 33.6 Å². The van der Waals surface area contributed by atoms with Gasteiger partial charge < -0.3 is 24.1 Å². The van der Waals surface area contributed by atoms with Crippen LogP contribution in [0.2, 0.25) is 0 Å². The summed E-state index contributed by atoms with van der Waals surface area (Å²) in [5.74, 6) is -0.0458. The largest absolute Gasteiger partial charge is 0.493 e. The second kappa shape index (κ2) is 11.1. The van der Waals surface area contributed by atoms with Gasteiger partial charge in [0.2, 0.25) is 0 Å². The molecule has 0 fully saturated rings. The number of carboxylic acids is 1. The fourth-order valence-corrected chi connectivity index (χ4v) is 2.66. The molecule has 0 heterocycles. The molecule has 0 saturated carbocycles. The van der Waals surface area contributed by atoms with Crippen LogP contribution in [0.5, 0.6) is 17.2 Å². The van der Waals surface area contributed by atoms with E-state index in [9.17, 15) is 9.59 Å². The van der Waals surface area contributed by atoms with E-state index in [1.807, 2.05) is 24.3 Å². The molecule has 1 N–H and O–H groups in total. The Bertz CT molecular complexity index is 914. The van der Waals surface area contributed by atoms with Crippen LogP contribution < -0.4 is 14.2 Å². The lowest BCUT2D eigenvalue weighted by Gasteiger charge is -2.24. The SMILES string of the molecule is CCc1ccc(OC(C)(C)C(=O)OCCOc2ccc(/C=C/C(=O)O)cc2OC)cc1. The minimum Gasteiger partial charge on any atom is -0.493 e. The van der Waals surface area contributed by atoms with E-state index in [2.05, 4.69) is 6.92 Å². The van der Waals surface area contributed by atoms with Gasteiger partial charge in [-0.1, -0.05) is 25.1 Å². The molecule has 0 aliphatic heterocycles. The van der Waals surface area contributed by atoms with Gasteiger partial charge >= 0.3 is 11.9 Å². The van der Waals surface area contributed by atoms with Crippen LogP contribution >= 0.6 is 0 Å². The number of rotatable bonds is 11. The lowest BCUT2D eigenvalue weighted by atomic mass is 10.1. The van der Waals surface area contributed by atoms with Gasteiger partial charge in [0, 0.05) is 6.08 Å². The number of carbonyl (C=O) groups is 2. The molecule has 7 heteroatoms. The molecule has 0 spiro atoms. The molecule has 31 heavy (non-hydrogen) atoms. The van der Waals surface area contributed by atoms with Crippen LogP contribution in [0.25, 0.3) is 6.08 Å². The maximum absolute atomic E-state index is 12.4. The van der Waals surface area contributed by atoms with Gasteiger partial charge in [-0.25, -0.2) is 9.59 Å². The molecular weight excluding hydrogens is 400 g/mol. The smallest absolute Gasteiger partial charge is 0.350 e. The Morgan fingerprint density at radius 1 is 1.03 bits per heavy atom. The van der Waals surface area contributed by atoms with E-state index in [0.29, 0.717) is 22.8 Å². The number of hydrogen-bond donors (Lipinski definition) is 1. The summed E-state index contributed by atoms with van der Waals surface area (Å²) in [6, 6.07) is 12.6. The van der Waals surface area contributed by atoms with Gasteiger partial charge in [0.05, 0.1) is 7.11 Å². The Labute approximate surface area is 182 Å². The zero-order chi connectivity index (χ0) is 22.9. The third-order valence-electron chi connectivity index (χ3n) is 4.38. The summed E-state index contributed by atoms with van der Waals surface area (Å²) in [7, 11) is 1.49. The van der Waals surface area contributed by atoms with Crippen LogP contribution in [0, 0.1) is 0 Å². The van der Waals surface area contributed by atoms with Crippen LogP contribution in [0.3, 0.4) is 0 Å². The van der Waals surface area contributed by atoms with E-state index in [1.54, 1.807) is 32.0 Å². The average Bonchev–Trinajstić information content (AvgIpc) is 2.75. The first kappa shape index (κ1) is 23.8. The van der Waals surface area contributed by atoms with E-state index in [1.165, 1.54) is 18.7 Å².